The fraction of sp³-hybridized carbons (Fsp3) is 0.214. The van der Waals surface area contributed by atoms with E-state index in [1.165, 1.54) is 16.2 Å². The first-order valence-electron chi connectivity index (χ1n) is 5.53. The van der Waals surface area contributed by atoms with E-state index in [-0.39, 0.29) is 5.97 Å². The zero-order chi connectivity index (χ0) is 12.3. The Bertz CT molecular complexity index is 566. The van der Waals surface area contributed by atoms with Crippen molar-refractivity contribution in [2.75, 3.05) is 6.61 Å². The monoisotopic (exact) mass is 246 g/mol. The molecule has 1 aromatic carbocycles. The number of hydrogen-bond donors (Lipinski definition) is 0. The summed E-state index contributed by atoms with van der Waals surface area (Å²) in [7, 11) is 0. The Labute approximate surface area is 105 Å². The number of rotatable bonds is 3. The zero-order valence-electron chi connectivity index (χ0n) is 9.90. The highest BCUT2D eigenvalue weighted by atomic mass is 32.1. The van der Waals surface area contributed by atoms with Crippen molar-refractivity contribution in [2.24, 2.45) is 0 Å². The number of carbonyl (C=O) groups excluding carboxylic acids is 1. The molecule has 0 saturated heterocycles. The maximum atomic E-state index is 11.3. The minimum atomic E-state index is -0.281. The van der Waals surface area contributed by atoms with Crippen LogP contribution in [0.15, 0.2) is 35.7 Å². The van der Waals surface area contributed by atoms with Gasteiger partial charge in [-0.15, -0.1) is 11.3 Å². The number of fused-ring (bicyclic) bond motifs is 1. The van der Waals surface area contributed by atoms with Crippen molar-refractivity contribution in [1.82, 2.24) is 0 Å². The van der Waals surface area contributed by atoms with Crippen LogP contribution in [0.4, 0.5) is 0 Å². The van der Waals surface area contributed by atoms with Crippen LogP contribution in [-0.2, 0) is 9.53 Å². The molecule has 0 spiro atoms. The molecule has 0 amide bonds. The predicted molar refractivity (Wildman–Crippen MR) is 72.1 cm³/mol. The fourth-order valence-electron chi connectivity index (χ4n) is 1.64. The lowest BCUT2D eigenvalue weighted by Gasteiger charge is -2.02. The molecule has 2 aromatic rings. The van der Waals surface area contributed by atoms with Crippen LogP contribution in [0.5, 0.6) is 0 Å². The normalized spacial score (nSPS) is 11.8. The third-order valence-electron chi connectivity index (χ3n) is 2.53. The largest absolute Gasteiger partial charge is 0.463 e. The average molecular weight is 246 g/mol. The third kappa shape index (κ3) is 2.74. The van der Waals surface area contributed by atoms with Gasteiger partial charge in [0.25, 0.3) is 0 Å². The second kappa shape index (κ2) is 5.15. The second-order valence-corrected chi connectivity index (χ2v) is 4.70. The molecule has 2 nitrogen and oxygen atoms in total. The highest BCUT2D eigenvalue weighted by Crippen LogP contribution is 2.25. The lowest BCUT2D eigenvalue weighted by atomic mass is 10.1. The molecule has 0 aliphatic heterocycles. The lowest BCUT2D eigenvalue weighted by molar-refractivity contribution is -0.137. The molecule has 0 aliphatic rings. The van der Waals surface area contributed by atoms with Crippen LogP contribution in [-0.4, -0.2) is 12.6 Å². The van der Waals surface area contributed by atoms with Crippen LogP contribution >= 0.6 is 11.3 Å². The summed E-state index contributed by atoms with van der Waals surface area (Å²) in [4.78, 5) is 11.3. The van der Waals surface area contributed by atoms with E-state index in [1.54, 1.807) is 18.3 Å². The summed E-state index contributed by atoms with van der Waals surface area (Å²) in [5, 5.41) is 3.31. The Balaban J connectivity index is 2.29. The fourth-order valence-corrected chi connectivity index (χ4v) is 2.47. The Kier molecular flexibility index (Phi) is 3.59. The van der Waals surface area contributed by atoms with Gasteiger partial charge in [0.05, 0.1) is 6.61 Å². The van der Waals surface area contributed by atoms with E-state index in [0.717, 1.165) is 11.1 Å². The first-order chi connectivity index (χ1) is 8.20. The molecule has 1 aromatic heterocycles. The number of benzene rings is 1. The van der Waals surface area contributed by atoms with Gasteiger partial charge < -0.3 is 4.74 Å². The van der Waals surface area contributed by atoms with Crippen LogP contribution in [0, 0.1) is 0 Å². The van der Waals surface area contributed by atoms with Crippen LogP contribution in [0.25, 0.3) is 15.7 Å². The molecule has 0 N–H and O–H groups in total. The van der Waals surface area contributed by atoms with Crippen molar-refractivity contribution in [3.8, 4) is 0 Å². The quantitative estimate of drug-likeness (QED) is 0.607. The van der Waals surface area contributed by atoms with Gasteiger partial charge in [-0.2, -0.15) is 0 Å². The summed E-state index contributed by atoms with van der Waals surface area (Å²) in [6.45, 7) is 4.14. The third-order valence-corrected chi connectivity index (χ3v) is 3.41. The first kappa shape index (κ1) is 11.9. The van der Waals surface area contributed by atoms with Crippen molar-refractivity contribution in [1.29, 1.82) is 0 Å². The van der Waals surface area contributed by atoms with Crippen LogP contribution in [0.2, 0.25) is 0 Å². The Morgan fingerprint density at radius 3 is 3.00 bits per heavy atom. The zero-order valence-corrected chi connectivity index (χ0v) is 10.7. The summed E-state index contributed by atoms with van der Waals surface area (Å²) in [5.41, 5.74) is 1.99. The van der Waals surface area contributed by atoms with Crippen molar-refractivity contribution in [3.63, 3.8) is 0 Å². The number of esters is 1. The molecule has 2 rings (SSSR count). The van der Waals surface area contributed by atoms with Crippen molar-refractivity contribution in [3.05, 3.63) is 41.3 Å². The molecule has 1 heterocycles. The minimum Gasteiger partial charge on any atom is -0.463 e. The van der Waals surface area contributed by atoms with E-state index >= 15 is 0 Å². The van der Waals surface area contributed by atoms with Crippen molar-refractivity contribution in [2.45, 2.75) is 13.8 Å². The molecule has 3 heteroatoms. The summed E-state index contributed by atoms with van der Waals surface area (Å²) in [5.74, 6) is -0.281. The van der Waals surface area contributed by atoms with Gasteiger partial charge in [-0.25, -0.2) is 4.79 Å². The van der Waals surface area contributed by atoms with Crippen LogP contribution < -0.4 is 0 Å². The highest BCUT2D eigenvalue weighted by molar-refractivity contribution is 7.17. The lowest BCUT2D eigenvalue weighted by Crippen LogP contribution is -2.00. The van der Waals surface area contributed by atoms with E-state index in [0.29, 0.717) is 6.61 Å². The maximum absolute atomic E-state index is 11.3. The smallest absolute Gasteiger partial charge is 0.331 e. The summed E-state index contributed by atoms with van der Waals surface area (Å²) >= 11 is 1.70. The minimum absolute atomic E-state index is 0.281. The molecule has 0 aliphatic carbocycles. The van der Waals surface area contributed by atoms with E-state index in [1.807, 2.05) is 13.0 Å². The predicted octanol–water partition coefficient (Wildman–Crippen LogP) is 3.87. The number of ether oxygens (including phenoxy) is 1. The SMILES string of the molecule is CCOC(=O)C=C(C)c1ccc2ccsc2c1. The van der Waals surface area contributed by atoms with Gasteiger partial charge in [0.1, 0.15) is 0 Å². The standard InChI is InChI=1S/C14H14O2S/c1-3-16-14(15)8-10(2)12-5-4-11-6-7-17-13(11)9-12/h4-9H,3H2,1-2H3. The van der Waals surface area contributed by atoms with Gasteiger partial charge in [-0.3, -0.25) is 0 Å². The Hall–Kier alpha value is -1.61. The molecule has 0 unspecified atom stereocenters. The van der Waals surface area contributed by atoms with E-state index < -0.39 is 0 Å². The summed E-state index contributed by atoms with van der Waals surface area (Å²) in [6.07, 6.45) is 1.54. The molecular formula is C14H14O2S. The first-order valence-corrected chi connectivity index (χ1v) is 6.41. The highest BCUT2D eigenvalue weighted by Gasteiger charge is 2.02. The van der Waals surface area contributed by atoms with Crippen molar-refractivity contribution < 1.29 is 9.53 Å². The van der Waals surface area contributed by atoms with E-state index in [2.05, 4.69) is 23.6 Å². The van der Waals surface area contributed by atoms with E-state index in [4.69, 9.17) is 4.74 Å². The van der Waals surface area contributed by atoms with E-state index in [9.17, 15) is 4.79 Å². The molecule has 0 fully saturated rings. The van der Waals surface area contributed by atoms with Gasteiger partial charge in [0.2, 0.25) is 0 Å². The topological polar surface area (TPSA) is 26.3 Å². The van der Waals surface area contributed by atoms with Crippen molar-refractivity contribution >= 4 is 33.0 Å². The van der Waals surface area contributed by atoms with Crippen LogP contribution in [0.3, 0.4) is 0 Å². The van der Waals surface area contributed by atoms with Gasteiger partial charge in [-0.05, 0) is 47.9 Å². The molecule has 0 atom stereocenters. The maximum Gasteiger partial charge on any atom is 0.331 e. The Morgan fingerprint density at radius 2 is 2.24 bits per heavy atom. The second-order valence-electron chi connectivity index (χ2n) is 3.75. The van der Waals surface area contributed by atoms with Gasteiger partial charge >= 0.3 is 5.97 Å². The van der Waals surface area contributed by atoms with Gasteiger partial charge in [0, 0.05) is 10.8 Å². The van der Waals surface area contributed by atoms with Gasteiger partial charge in [0.15, 0.2) is 0 Å². The van der Waals surface area contributed by atoms with Gasteiger partial charge in [-0.1, -0.05) is 12.1 Å². The Morgan fingerprint density at radius 1 is 1.41 bits per heavy atom. The number of allylic oxidation sites excluding steroid dienone is 1. The molecular weight excluding hydrogens is 232 g/mol. The number of carbonyl (C=O) groups is 1. The molecule has 17 heavy (non-hydrogen) atoms. The number of hydrogen-bond acceptors (Lipinski definition) is 3. The molecule has 88 valence electrons. The summed E-state index contributed by atoms with van der Waals surface area (Å²) in [6, 6.07) is 8.29. The summed E-state index contributed by atoms with van der Waals surface area (Å²) < 4.78 is 6.13. The van der Waals surface area contributed by atoms with Crippen LogP contribution in [0.1, 0.15) is 19.4 Å². The molecule has 0 saturated carbocycles. The average Bonchev–Trinajstić information content (AvgIpc) is 2.75. The molecule has 0 bridgehead atoms. The molecule has 0 radical (unpaired) electrons. The number of thiophene rings is 1.